The molecule has 1 aromatic carbocycles. The van der Waals surface area contributed by atoms with Crippen LogP contribution in [0.25, 0.3) is 0 Å². The van der Waals surface area contributed by atoms with Crippen LogP contribution in [0.4, 0.5) is 0 Å². The van der Waals surface area contributed by atoms with E-state index in [9.17, 15) is 5.11 Å². The molecule has 0 aliphatic rings. The van der Waals surface area contributed by atoms with E-state index in [1.54, 1.807) is 0 Å². The second kappa shape index (κ2) is 6.35. The van der Waals surface area contributed by atoms with Crippen LogP contribution in [0.2, 0.25) is 0 Å². The van der Waals surface area contributed by atoms with Gasteiger partial charge in [-0.1, -0.05) is 45.9 Å². The van der Waals surface area contributed by atoms with Gasteiger partial charge in [-0.3, -0.25) is 0 Å². The molecule has 0 saturated heterocycles. The molecule has 0 radical (unpaired) electrons. The van der Waals surface area contributed by atoms with Crippen LogP contribution in [-0.4, -0.2) is 11.7 Å². The molecule has 0 spiro atoms. The van der Waals surface area contributed by atoms with Crippen LogP contribution in [-0.2, 0) is 0 Å². The number of hydrogen-bond acceptors (Lipinski definition) is 2. The summed E-state index contributed by atoms with van der Waals surface area (Å²) in [6.07, 6.45) is 0. The number of hydrogen-bond donors (Lipinski definition) is 2. The molecule has 0 amide bonds. The summed E-state index contributed by atoms with van der Waals surface area (Å²) >= 11 is 0. The zero-order valence-corrected chi connectivity index (χ0v) is 12.3. The molecule has 0 bridgehead atoms. The average molecular weight is 249 g/mol. The van der Waals surface area contributed by atoms with Gasteiger partial charge in [0.05, 0.1) is 0 Å². The Hall–Kier alpha value is -0.860. The maximum Gasteiger partial charge on any atom is 0.0479 e. The van der Waals surface area contributed by atoms with Crippen molar-refractivity contribution in [3.05, 3.63) is 34.9 Å². The highest BCUT2D eigenvalue weighted by molar-refractivity contribution is 5.35. The van der Waals surface area contributed by atoms with E-state index in [0.717, 1.165) is 0 Å². The summed E-state index contributed by atoms with van der Waals surface area (Å²) in [5.74, 6) is 1.00. The van der Waals surface area contributed by atoms with Crippen molar-refractivity contribution >= 4 is 0 Å². The molecule has 0 aliphatic heterocycles. The van der Waals surface area contributed by atoms with Crippen molar-refractivity contribution in [2.75, 3.05) is 6.61 Å². The van der Waals surface area contributed by atoms with E-state index >= 15 is 0 Å². The number of rotatable bonds is 5. The molecule has 0 heterocycles. The van der Waals surface area contributed by atoms with Crippen molar-refractivity contribution in [3.8, 4) is 0 Å². The van der Waals surface area contributed by atoms with Gasteiger partial charge in [0.1, 0.15) is 0 Å². The molecule has 2 unspecified atom stereocenters. The van der Waals surface area contributed by atoms with E-state index in [4.69, 9.17) is 5.73 Å². The summed E-state index contributed by atoms with van der Waals surface area (Å²) in [5, 5.41) is 9.52. The van der Waals surface area contributed by atoms with Crippen LogP contribution >= 0.6 is 0 Å². The average Bonchev–Trinajstić information content (AvgIpc) is 2.29. The number of benzene rings is 1. The van der Waals surface area contributed by atoms with Crippen molar-refractivity contribution in [1.82, 2.24) is 0 Å². The number of nitrogens with two attached hydrogens (primary N) is 1. The van der Waals surface area contributed by atoms with Gasteiger partial charge in [0.15, 0.2) is 0 Å². The Kier molecular flexibility index (Phi) is 5.36. The predicted molar refractivity (Wildman–Crippen MR) is 77.6 cm³/mol. The molecule has 0 aromatic heterocycles. The molecule has 1 aromatic rings. The molecule has 2 nitrogen and oxygen atoms in total. The van der Waals surface area contributed by atoms with Gasteiger partial charge in [-0.05, 0) is 35.4 Å². The monoisotopic (exact) mass is 249 g/mol. The van der Waals surface area contributed by atoms with Crippen molar-refractivity contribution in [3.63, 3.8) is 0 Å². The molecule has 3 N–H and O–H groups in total. The zero-order valence-electron chi connectivity index (χ0n) is 12.3. The van der Waals surface area contributed by atoms with Crippen LogP contribution in [0.15, 0.2) is 18.2 Å². The third-order valence-corrected chi connectivity index (χ3v) is 3.86. The summed E-state index contributed by atoms with van der Waals surface area (Å²) in [7, 11) is 0. The Morgan fingerprint density at radius 2 is 1.78 bits per heavy atom. The van der Waals surface area contributed by atoms with E-state index in [1.165, 1.54) is 16.7 Å². The third kappa shape index (κ3) is 3.33. The summed E-state index contributed by atoms with van der Waals surface area (Å²) in [4.78, 5) is 0. The van der Waals surface area contributed by atoms with Gasteiger partial charge in [-0.2, -0.15) is 0 Å². The number of aliphatic hydroxyl groups is 1. The van der Waals surface area contributed by atoms with Crippen LogP contribution in [0.5, 0.6) is 0 Å². The SMILES string of the molecule is Cc1ccc(C(C)C)cc1C(N)C(CO)C(C)C. The molecule has 102 valence electrons. The van der Waals surface area contributed by atoms with Crippen molar-refractivity contribution in [1.29, 1.82) is 0 Å². The van der Waals surface area contributed by atoms with Gasteiger partial charge in [-0.25, -0.2) is 0 Å². The quantitative estimate of drug-likeness (QED) is 0.840. The van der Waals surface area contributed by atoms with Gasteiger partial charge in [0.25, 0.3) is 0 Å². The Balaban J connectivity index is 3.10. The summed E-state index contributed by atoms with van der Waals surface area (Å²) in [6, 6.07) is 6.42. The van der Waals surface area contributed by atoms with Crippen LogP contribution in [0.3, 0.4) is 0 Å². The molecule has 2 heteroatoms. The van der Waals surface area contributed by atoms with E-state index in [0.29, 0.717) is 11.8 Å². The normalized spacial score (nSPS) is 15.2. The Morgan fingerprint density at radius 3 is 2.22 bits per heavy atom. The highest BCUT2D eigenvalue weighted by atomic mass is 16.3. The number of aliphatic hydroxyl groups excluding tert-OH is 1. The van der Waals surface area contributed by atoms with Crippen LogP contribution in [0.1, 0.15) is 56.3 Å². The molecule has 1 rings (SSSR count). The standard InChI is InChI=1S/C16H27NO/c1-10(2)13-7-6-12(5)14(8-13)16(17)15(9-18)11(3)4/h6-8,10-11,15-16,18H,9,17H2,1-5H3. The minimum atomic E-state index is -0.0892. The Morgan fingerprint density at radius 1 is 1.17 bits per heavy atom. The van der Waals surface area contributed by atoms with Crippen LogP contribution in [0, 0.1) is 18.8 Å². The maximum atomic E-state index is 9.52. The topological polar surface area (TPSA) is 46.2 Å². The second-order valence-corrected chi connectivity index (χ2v) is 5.89. The molecule has 0 aliphatic carbocycles. The lowest BCUT2D eigenvalue weighted by Crippen LogP contribution is -2.29. The minimum absolute atomic E-state index is 0.0892. The Bertz CT molecular complexity index is 385. The lowest BCUT2D eigenvalue weighted by molar-refractivity contribution is 0.165. The third-order valence-electron chi connectivity index (χ3n) is 3.86. The summed E-state index contributed by atoms with van der Waals surface area (Å²) in [6.45, 7) is 10.8. The van der Waals surface area contributed by atoms with Crippen molar-refractivity contribution in [2.45, 2.75) is 46.6 Å². The first-order valence-electron chi connectivity index (χ1n) is 6.85. The molecular formula is C16H27NO. The molecule has 18 heavy (non-hydrogen) atoms. The maximum absolute atomic E-state index is 9.52. The first-order valence-corrected chi connectivity index (χ1v) is 6.85. The van der Waals surface area contributed by atoms with E-state index in [1.807, 2.05) is 0 Å². The first-order chi connectivity index (χ1) is 8.38. The van der Waals surface area contributed by atoms with Gasteiger partial charge in [-0.15, -0.1) is 0 Å². The van der Waals surface area contributed by atoms with E-state index in [2.05, 4.69) is 52.8 Å². The number of aryl methyl sites for hydroxylation is 1. The zero-order chi connectivity index (χ0) is 13.9. The van der Waals surface area contributed by atoms with E-state index < -0.39 is 0 Å². The lowest BCUT2D eigenvalue weighted by Gasteiger charge is -2.27. The van der Waals surface area contributed by atoms with Gasteiger partial charge < -0.3 is 10.8 Å². The Labute approximate surface area is 111 Å². The molecular weight excluding hydrogens is 222 g/mol. The van der Waals surface area contributed by atoms with Crippen LogP contribution < -0.4 is 5.73 Å². The highest BCUT2D eigenvalue weighted by Crippen LogP contribution is 2.30. The fourth-order valence-electron chi connectivity index (χ4n) is 2.35. The second-order valence-electron chi connectivity index (χ2n) is 5.89. The fourth-order valence-corrected chi connectivity index (χ4v) is 2.35. The van der Waals surface area contributed by atoms with Gasteiger partial charge >= 0.3 is 0 Å². The highest BCUT2D eigenvalue weighted by Gasteiger charge is 2.23. The molecule has 0 fully saturated rings. The molecule has 2 atom stereocenters. The smallest absolute Gasteiger partial charge is 0.0479 e. The largest absolute Gasteiger partial charge is 0.396 e. The predicted octanol–water partition coefficient (Wildman–Crippen LogP) is 3.38. The van der Waals surface area contributed by atoms with Crippen molar-refractivity contribution in [2.24, 2.45) is 17.6 Å². The van der Waals surface area contributed by atoms with E-state index in [-0.39, 0.29) is 18.6 Å². The lowest BCUT2D eigenvalue weighted by atomic mass is 9.83. The van der Waals surface area contributed by atoms with Gasteiger partial charge in [0, 0.05) is 18.6 Å². The van der Waals surface area contributed by atoms with Gasteiger partial charge in [0.2, 0.25) is 0 Å². The summed E-state index contributed by atoms with van der Waals surface area (Å²) < 4.78 is 0. The fraction of sp³-hybridized carbons (Fsp3) is 0.625. The van der Waals surface area contributed by atoms with Crippen molar-refractivity contribution < 1.29 is 5.11 Å². The molecule has 0 saturated carbocycles. The summed E-state index contributed by atoms with van der Waals surface area (Å²) in [5.41, 5.74) is 10.1. The first kappa shape index (κ1) is 15.2. The minimum Gasteiger partial charge on any atom is -0.396 e.